The highest BCUT2D eigenvalue weighted by atomic mass is 79.9. The van der Waals surface area contributed by atoms with Crippen molar-refractivity contribution < 1.29 is 17.7 Å². The number of aromatic nitrogens is 2. The van der Waals surface area contributed by atoms with Gasteiger partial charge in [-0.05, 0) is 5.56 Å². The predicted octanol–water partition coefficient (Wildman–Crippen LogP) is 3.74. The second-order valence-electron chi connectivity index (χ2n) is 3.63. The standard InChI is InChI=1S/C11H8BrF3N2O/c12-6-7-1-3-8(4-2-7)10-16-9(18-17-10)5-11(13,14)15/h1-4H,5-6H2. The van der Waals surface area contributed by atoms with Crippen molar-refractivity contribution in [2.45, 2.75) is 17.9 Å². The van der Waals surface area contributed by atoms with Crippen LogP contribution in [0, 0.1) is 0 Å². The Morgan fingerprint density at radius 1 is 1.17 bits per heavy atom. The Morgan fingerprint density at radius 3 is 2.39 bits per heavy atom. The second kappa shape index (κ2) is 5.09. The van der Waals surface area contributed by atoms with Gasteiger partial charge in [0.15, 0.2) is 0 Å². The SMILES string of the molecule is FC(F)(F)Cc1nc(-c2ccc(CBr)cc2)no1. The summed E-state index contributed by atoms with van der Waals surface area (Å²) in [5.41, 5.74) is 1.68. The van der Waals surface area contributed by atoms with Crippen LogP contribution in [-0.2, 0) is 11.8 Å². The Morgan fingerprint density at radius 2 is 1.83 bits per heavy atom. The number of rotatable bonds is 3. The highest BCUT2D eigenvalue weighted by Crippen LogP contribution is 2.23. The molecular weight excluding hydrogens is 313 g/mol. The lowest BCUT2D eigenvalue weighted by Gasteiger charge is -1.99. The highest BCUT2D eigenvalue weighted by Gasteiger charge is 2.31. The molecule has 0 fully saturated rings. The van der Waals surface area contributed by atoms with Gasteiger partial charge in [0, 0.05) is 10.9 Å². The average molecular weight is 321 g/mol. The number of hydrogen-bond donors (Lipinski definition) is 0. The van der Waals surface area contributed by atoms with Crippen LogP contribution >= 0.6 is 15.9 Å². The molecule has 0 aliphatic heterocycles. The zero-order valence-electron chi connectivity index (χ0n) is 9.04. The van der Waals surface area contributed by atoms with E-state index in [1.165, 1.54) is 0 Å². The third kappa shape index (κ3) is 3.32. The van der Waals surface area contributed by atoms with Gasteiger partial charge in [-0.2, -0.15) is 18.2 Å². The molecule has 0 spiro atoms. The molecule has 0 saturated carbocycles. The summed E-state index contributed by atoms with van der Waals surface area (Å²) in [6.45, 7) is 0. The van der Waals surface area contributed by atoms with Crippen molar-refractivity contribution in [3.8, 4) is 11.4 Å². The minimum atomic E-state index is -4.34. The van der Waals surface area contributed by atoms with Crippen LogP contribution in [0.3, 0.4) is 0 Å². The van der Waals surface area contributed by atoms with Crippen molar-refractivity contribution in [1.29, 1.82) is 0 Å². The fourth-order valence-electron chi connectivity index (χ4n) is 1.36. The molecule has 0 unspecified atom stereocenters. The van der Waals surface area contributed by atoms with Gasteiger partial charge in [0.1, 0.15) is 6.42 Å². The number of alkyl halides is 4. The lowest BCUT2D eigenvalue weighted by Crippen LogP contribution is -2.11. The first-order valence-electron chi connectivity index (χ1n) is 5.02. The Labute approximate surface area is 109 Å². The lowest BCUT2D eigenvalue weighted by atomic mass is 10.1. The molecule has 2 rings (SSSR count). The molecular formula is C11H8BrF3N2O. The first-order valence-corrected chi connectivity index (χ1v) is 6.15. The molecule has 0 aliphatic rings. The highest BCUT2D eigenvalue weighted by molar-refractivity contribution is 9.08. The van der Waals surface area contributed by atoms with Gasteiger partial charge in [0.05, 0.1) is 0 Å². The zero-order valence-corrected chi connectivity index (χ0v) is 10.6. The second-order valence-corrected chi connectivity index (χ2v) is 4.19. The molecule has 1 aromatic heterocycles. The van der Waals surface area contributed by atoms with Crippen LogP contribution in [0.1, 0.15) is 11.5 Å². The van der Waals surface area contributed by atoms with E-state index in [0.29, 0.717) is 10.9 Å². The van der Waals surface area contributed by atoms with E-state index in [1.54, 1.807) is 12.1 Å². The maximum Gasteiger partial charge on any atom is 0.397 e. The molecule has 96 valence electrons. The van der Waals surface area contributed by atoms with Crippen LogP contribution in [-0.4, -0.2) is 16.3 Å². The van der Waals surface area contributed by atoms with Crippen molar-refractivity contribution >= 4 is 15.9 Å². The van der Waals surface area contributed by atoms with Crippen LogP contribution in [0.25, 0.3) is 11.4 Å². The van der Waals surface area contributed by atoms with E-state index in [2.05, 4.69) is 30.6 Å². The fourth-order valence-corrected chi connectivity index (χ4v) is 1.73. The van der Waals surface area contributed by atoms with Crippen LogP contribution in [0.5, 0.6) is 0 Å². The third-order valence-corrected chi connectivity index (χ3v) is 2.83. The average Bonchev–Trinajstić information content (AvgIpc) is 2.75. The number of benzene rings is 1. The van der Waals surface area contributed by atoms with Crippen molar-refractivity contribution in [3.63, 3.8) is 0 Å². The van der Waals surface area contributed by atoms with Gasteiger partial charge in [0.2, 0.25) is 11.7 Å². The molecule has 0 N–H and O–H groups in total. The first kappa shape index (κ1) is 13.1. The normalized spacial score (nSPS) is 11.8. The smallest absolute Gasteiger partial charge is 0.339 e. The van der Waals surface area contributed by atoms with Crippen LogP contribution in [0.15, 0.2) is 28.8 Å². The minimum absolute atomic E-state index is 0.162. The summed E-state index contributed by atoms with van der Waals surface area (Å²) in [4.78, 5) is 3.71. The lowest BCUT2D eigenvalue weighted by molar-refractivity contribution is -0.131. The van der Waals surface area contributed by atoms with Gasteiger partial charge >= 0.3 is 6.18 Å². The molecule has 0 aliphatic carbocycles. The molecule has 3 nitrogen and oxygen atoms in total. The predicted molar refractivity (Wildman–Crippen MR) is 62.1 cm³/mol. The van der Waals surface area contributed by atoms with Crippen LogP contribution < -0.4 is 0 Å². The summed E-state index contributed by atoms with van der Waals surface area (Å²) in [7, 11) is 0. The van der Waals surface area contributed by atoms with E-state index in [4.69, 9.17) is 0 Å². The summed E-state index contributed by atoms with van der Waals surface area (Å²) < 4.78 is 40.9. The van der Waals surface area contributed by atoms with E-state index in [9.17, 15) is 13.2 Å². The van der Waals surface area contributed by atoms with E-state index in [0.717, 1.165) is 5.56 Å². The largest absolute Gasteiger partial charge is 0.397 e. The van der Waals surface area contributed by atoms with Gasteiger partial charge in [-0.15, -0.1) is 0 Å². The van der Waals surface area contributed by atoms with Gasteiger partial charge in [0.25, 0.3) is 0 Å². The van der Waals surface area contributed by atoms with Crippen molar-refractivity contribution in [3.05, 3.63) is 35.7 Å². The Bertz CT molecular complexity index is 522. The summed E-state index contributed by atoms with van der Waals surface area (Å²) >= 11 is 3.30. The fraction of sp³-hybridized carbons (Fsp3) is 0.273. The van der Waals surface area contributed by atoms with Crippen LogP contribution in [0.2, 0.25) is 0 Å². The maximum atomic E-state index is 12.1. The van der Waals surface area contributed by atoms with Crippen molar-refractivity contribution in [1.82, 2.24) is 10.1 Å². The molecule has 1 aromatic carbocycles. The van der Waals surface area contributed by atoms with E-state index in [1.807, 2.05) is 12.1 Å². The molecule has 0 atom stereocenters. The quantitative estimate of drug-likeness (QED) is 0.809. The third-order valence-electron chi connectivity index (χ3n) is 2.19. The first-order chi connectivity index (χ1) is 8.48. The Hall–Kier alpha value is -1.37. The van der Waals surface area contributed by atoms with Crippen LogP contribution in [0.4, 0.5) is 13.2 Å². The minimum Gasteiger partial charge on any atom is -0.339 e. The monoisotopic (exact) mass is 320 g/mol. The number of hydrogen-bond acceptors (Lipinski definition) is 3. The maximum absolute atomic E-state index is 12.1. The molecule has 2 aromatic rings. The van der Waals surface area contributed by atoms with E-state index >= 15 is 0 Å². The number of nitrogens with zero attached hydrogens (tertiary/aromatic N) is 2. The summed E-state index contributed by atoms with van der Waals surface area (Å²) in [5.74, 6) is -0.266. The number of halogens is 4. The van der Waals surface area contributed by atoms with Gasteiger partial charge in [-0.25, -0.2) is 0 Å². The molecule has 0 radical (unpaired) electrons. The van der Waals surface area contributed by atoms with Gasteiger partial charge in [-0.3, -0.25) is 0 Å². The molecule has 0 bridgehead atoms. The van der Waals surface area contributed by atoms with Crippen molar-refractivity contribution in [2.75, 3.05) is 0 Å². The molecule has 0 saturated heterocycles. The zero-order chi connectivity index (χ0) is 13.2. The molecule has 0 amide bonds. The van der Waals surface area contributed by atoms with E-state index in [-0.39, 0.29) is 5.82 Å². The van der Waals surface area contributed by atoms with E-state index < -0.39 is 18.5 Å². The summed E-state index contributed by atoms with van der Waals surface area (Å²) in [6.07, 6.45) is -5.55. The van der Waals surface area contributed by atoms with Gasteiger partial charge < -0.3 is 4.52 Å². The molecule has 18 heavy (non-hydrogen) atoms. The molecule has 1 heterocycles. The topological polar surface area (TPSA) is 38.9 Å². The Kier molecular flexibility index (Phi) is 3.70. The molecule has 7 heteroatoms. The van der Waals surface area contributed by atoms with Crippen molar-refractivity contribution in [2.24, 2.45) is 0 Å². The van der Waals surface area contributed by atoms with Gasteiger partial charge in [-0.1, -0.05) is 45.4 Å². The summed E-state index contributed by atoms with van der Waals surface area (Å²) in [5, 5.41) is 4.24. The summed E-state index contributed by atoms with van der Waals surface area (Å²) in [6, 6.07) is 7.14. The Balaban J connectivity index is 2.18.